The molecular formula is C16H13ClN2O2S. The maximum atomic E-state index is 12.5. The molecule has 2 heterocycles. The average Bonchev–Trinajstić information content (AvgIpc) is 3.15. The number of rotatable bonds is 4. The number of aromatic nitrogens is 1. The number of thiophene rings is 1. The van der Waals surface area contributed by atoms with Crippen LogP contribution >= 0.6 is 22.9 Å². The highest BCUT2D eigenvalue weighted by molar-refractivity contribution is 7.07. The fourth-order valence-electron chi connectivity index (χ4n) is 2.14. The minimum Gasteiger partial charge on any atom is -0.360 e. The van der Waals surface area contributed by atoms with E-state index in [0.29, 0.717) is 34.1 Å². The van der Waals surface area contributed by atoms with Gasteiger partial charge in [0.2, 0.25) is 0 Å². The monoisotopic (exact) mass is 332 g/mol. The highest BCUT2D eigenvalue weighted by Gasteiger charge is 2.22. The van der Waals surface area contributed by atoms with Crippen LogP contribution in [-0.2, 0) is 6.54 Å². The summed E-state index contributed by atoms with van der Waals surface area (Å²) in [5.41, 5.74) is 2.63. The Balaban J connectivity index is 1.89. The number of aryl methyl sites for hydroxylation is 1. The van der Waals surface area contributed by atoms with Crippen molar-refractivity contribution in [2.75, 3.05) is 0 Å². The first-order chi connectivity index (χ1) is 10.7. The normalized spacial score (nSPS) is 10.6. The minimum atomic E-state index is -0.222. The van der Waals surface area contributed by atoms with Gasteiger partial charge in [-0.3, -0.25) is 4.79 Å². The standard InChI is InChI=1S/C16H13ClN2O2S/c1-10-14(16(20)18-8-11-6-7-22-9-11)15(19-21-10)12-4-2-3-5-13(12)17/h2-7,9H,8H2,1H3,(H,18,20). The van der Waals surface area contributed by atoms with Crippen LogP contribution in [0.5, 0.6) is 0 Å². The number of hydrogen-bond acceptors (Lipinski definition) is 4. The molecule has 1 aromatic carbocycles. The fourth-order valence-corrected chi connectivity index (χ4v) is 3.03. The lowest BCUT2D eigenvalue weighted by atomic mass is 10.1. The molecule has 0 spiro atoms. The van der Waals surface area contributed by atoms with Crippen LogP contribution in [0.3, 0.4) is 0 Å². The molecule has 0 saturated carbocycles. The summed E-state index contributed by atoms with van der Waals surface area (Å²) in [6, 6.07) is 9.22. The van der Waals surface area contributed by atoms with Crippen molar-refractivity contribution in [2.45, 2.75) is 13.5 Å². The van der Waals surface area contributed by atoms with E-state index in [-0.39, 0.29) is 5.91 Å². The second-order valence-corrected chi connectivity index (χ2v) is 5.94. The van der Waals surface area contributed by atoms with Crippen LogP contribution in [0.2, 0.25) is 5.02 Å². The Kier molecular flexibility index (Phi) is 4.27. The summed E-state index contributed by atoms with van der Waals surface area (Å²) < 4.78 is 5.20. The van der Waals surface area contributed by atoms with Gasteiger partial charge in [0.25, 0.3) is 5.91 Å². The lowest BCUT2D eigenvalue weighted by molar-refractivity contribution is 0.0950. The molecule has 0 saturated heterocycles. The Hall–Kier alpha value is -2.11. The molecule has 0 atom stereocenters. The molecule has 0 fully saturated rings. The van der Waals surface area contributed by atoms with Crippen LogP contribution in [-0.4, -0.2) is 11.1 Å². The topological polar surface area (TPSA) is 55.1 Å². The first kappa shape index (κ1) is 14.8. The molecule has 3 rings (SSSR count). The molecule has 4 nitrogen and oxygen atoms in total. The number of amides is 1. The molecule has 0 aliphatic rings. The third kappa shape index (κ3) is 2.91. The predicted octanol–water partition coefficient (Wildman–Crippen LogP) is 4.29. The van der Waals surface area contributed by atoms with Crippen molar-refractivity contribution in [1.82, 2.24) is 10.5 Å². The summed E-state index contributed by atoms with van der Waals surface area (Å²) in [6.07, 6.45) is 0. The van der Waals surface area contributed by atoms with E-state index in [1.807, 2.05) is 35.0 Å². The van der Waals surface area contributed by atoms with E-state index in [0.717, 1.165) is 5.56 Å². The third-order valence-electron chi connectivity index (χ3n) is 3.25. The average molecular weight is 333 g/mol. The van der Waals surface area contributed by atoms with Crippen LogP contribution in [0.1, 0.15) is 21.7 Å². The summed E-state index contributed by atoms with van der Waals surface area (Å²) >= 11 is 7.79. The second kappa shape index (κ2) is 6.34. The number of carbonyl (C=O) groups excluding carboxylic acids is 1. The van der Waals surface area contributed by atoms with E-state index >= 15 is 0 Å². The Labute approximate surface area is 136 Å². The number of benzene rings is 1. The SMILES string of the molecule is Cc1onc(-c2ccccc2Cl)c1C(=O)NCc1ccsc1. The van der Waals surface area contributed by atoms with Crippen LogP contribution in [0.25, 0.3) is 11.3 Å². The Morgan fingerprint density at radius 2 is 2.18 bits per heavy atom. The molecule has 0 aliphatic heterocycles. The molecule has 0 unspecified atom stereocenters. The molecule has 2 aromatic heterocycles. The van der Waals surface area contributed by atoms with Crippen molar-refractivity contribution in [2.24, 2.45) is 0 Å². The fraction of sp³-hybridized carbons (Fsp3) is 0.125. The lowest BCUT2D eigenvalue weighted by Gasteiger charge is -2.05. The third-order valence-corrected chi connectivity index (χ3v) is 4.31. The zero-order valence-electron chi connectivity index (χ0n) is 11.8. The number of halogens is 1. The molecule has 0 bridgehead atoms. The first-order valence-corrected chi connectivity index (χ1v) is 7.99. The number of carbonyl (C=O) groups is 1. The molecule has 112 valence electrons. The summed E-state index contributed by atoms with van der Waals surface area (Å²) in [6.45, 7) is 2.18. The smallest absolute Gasteiger partial charge is 0.257 e. The molecule has 22 heavy (non-hydrogen) atoms. The molecule has 6 heteroatoms. The largest absolute Gasteiger partial charge is 0.360 e. The van der Waals surface area contributed by atoms with E-state index in [2.05, 4.69) is 10.5 Å². The molecular weight excluding hydrogens is 320 g/mol. The number of nitrogens with zero attached hydrogens (tertiary/aromatic N) is 1. The Bertz CT molecular complexity index is 796. The van der Waals surface area contributed by atoms with Gasteiger partial charge in [0.05, 0.1) is 5.02 Å². The molecule has 1 N–H and O–H groups in total. The van der Waals surface area contributed by atoms with E-state index in [9.17, 15) is 4.79 Å². The van der Waals surface area contributed by atoms with Crippen molar-refractivity contribution in [3.05, 3.63) is 63.0 Å². The summed E-state index contributed by atoms with van der Waals surface area (Å²) in [7, 11) is 0. The highest BCUT2D eigenvalue weighted by atomic mass is 35.5. The summed E-state index contributed by atoms with van der Waals surface area (Å²) in [5.74, 6) is 0.248. The minimum absolute atomic E-state index is 0.222. The van der Waals surface area contributed by atoms with Gasteiger partial charge >= 0.3 is 0 Å². The van der Waals surface area contributed by atoms with Gasteiger partial charge in [-0.2, -0.15) is 11.3 Å². The van der Waals surface area contributed by atoms with Crippen LogP contribution < -0.4 is 5.32 Å². The van der Waals surface area contributed by atoms with Crippen molar-refractivity contribution < 1.29 is 9.32 Å². The lowest BCUT2D eigenvalue weighted by Crippen LogP contribution is -2.23. The highest BCUT2D eigenvalue weighted by Crippen LogP contribution is 2.30. The van der Waals surface area contributed by atoms with Crippen molar-refractivity contribution in [1.29, 1.82) is 0 Å². The molecule has 0 radical (unpaired) electrons. The zero-order valence-corrected chi connectivity index (χ0v) is 13.4. The van der Waals surface area contributed by atoms with Crippen molar-refractivity contribution in [3.63, 3.8) is 0 Å². The van der Waals surface area contributed by atoms with E-state index in [4.69, 9.17) is 16.1 Å². The van der Waals surface area contributed by atoms with Gasteiger partial charge < -0.3 is 9.84 Å². The summed E-state index contributed by atoms with van der Waals surface area (Å²) in [4.78, 5) is 12.5. The van der Waals surface area contributed by atoms with Crippen LogP contribution in [0.4, 0.5) is 0 Å². The Morgan fingerprint density at radius 1 is 1.36 bits per heavy atom. The van der Waals surface area contributed by atoms with Crippen LogP contribution in [0.15, 0.2) is 45.6 Å². The van der Waals surface area contributed by atoms with E-state index in [1.54, 1.807) is 24.3 Å². The van der Waals surface area contributed by atoms with Crippen molar-refractivity contribution in [3.8, 4) is 11.3 Å². The van der Waals surface area contributed by atoms with Gasteiger partial charge in [-0.15, -0.1) is 0 Å². The second-order valence-electron chi connectivity index (χ2n) is 4.76. The first-order valence-electron chi connectivity index (χ1n) is 6.67. The Morgan fingerprint density at radius 3 is 2.91 bits per heavy atom. The van der Waals surface area contributed by atoms with Gasteiger partial charge in [-0.25, -0.2) is 0 Å². The number of nitrogens with one attached hydrogen (secondary N) is 1. The summed E-state index contributed by atoms with van der Waals surface area (Å²) in [5, 5.41) is 11.4. The van der Waals surface area contributed by atoms with E-state index < -0.39 is 0 Å². The van der Waals surface area contributed by atoms with E-state index in [1.165, 1.54) is 0 Å². The van der Waals surface area contributed by atoms with Gasteiger partial charge in [-0.1, -0.05) is 35.0 Å². The zero-order chi connectivity index (χ0) is 15.5. The maximum absolute atomic E-state index is 12.5. The molecule has 1 amide bonds. The molecule has 3 aromatic rings. The van der Waals surface area contributed by atoms with Gasteiger partial charge in [0.15, 0.2) is 0 Å². The van der Waals surface area contributed by atoms with Gasteiger partial charge in [0.1, 0.15) is 17.0 Å². The molecule has 0 aliphatic carbocycles. The predicted molar refractivity (Wildman–Crippen MR) is 87.2 cm³/mol. The number of hydrogen-bond donors (Lipinski definition) is 1. The van der Waals surface area contributed by atoms with Crippen LogP contribution in [0, 0.1) is 6.92 Å². The quantitative estimate of drug-likeness (QED) is 0.775. The van der Waals surface area contributed by atoms with Gasteiger partial charge in [-0.05, 0) is 35.4 Å². The van der Waals surface area contributed by atoms with Crippen molar-refractivity contribution >= 4 is 28.8 Å². The van der Waals surface area contributed by atoms with Gasteiger partial charge in [0, 0.05) is 12.1 Å². The maximum Gasteiger partial charge on any atom is 0.257 e.